The predicted octanol–water partition coefficient (Wildman–Crippen LogP) is 2.35. The topological polar surface area (TPSA) is 92.1 Å². The van der Waals surface area contributed by atoms with Gasteiger partial charge < -0.3 is 10.1 Å². The molecule has 1 amide bonds. The summed E-state index contributed by atoms with van der Waals surface area (Å²) in [5.74, 6) is -2.35. The van der Waals surface area contributed by atoms with Gasteiger partial charge in [-0.3, -0.25) is 9.59 Å². The fourth-order valence-corrected chi connectivity index (χ4v) is 2.40. The second-order valence-corrected chi connectivity index (χ2v) is 5.67. The second-order valence-electron chi connectivity index (χ2n) is 5.67. The van der Waals surface area contributed by atoms with Crippen molar-refractivity contribution in [3.05, 3.63) is 58.8 Å². The van der Waals surface area contributed by atoms with Crippen molar-refractivity contribution in [2.75, 3.05) is 7.11 Å². The molecule has 0 saturated carbocycles. The summed E-state index contributed by atoms with van der Waals surface area (Å²) in [6, 6.07) is 12.4. The van der Waals surface area contributed by atoms with Gasteiger partial charge in [0.05, 0.1) is 13.2 Å². The lowest BCUT2D eigenvalue weighted by Crippen LogP contribution is -2.34. The van der Waals surface area contributed by atoms with Gasteiger partial charge in [0.2, 0.25) is 11.8 Å². The van der Waals surface area contributed by atoms with Crippen LogP contribution in [0.15, 0.2) is 36.4 Å². The highest BCUT2D eigenvalue weighted by Gasteiger charge is 2.28. The molecule has 2 aromatic rings. The number of aryl methyl sites for hydroxylation is 2. The summed E-state index contributed by atoms with van der Waals surface area (Å²) in [4.78, 5) is 28.9. The zero-order chi connectivity index (χ0) is 18.4. The molecule has 1 aromatic heterocycles. The second kappa shape index (κ2) is 8.06. The quantitative estimate of drug-likeness (QED) is 0.645. The first-order valence-electron chi connectivity index (χ1n) is 7.74. The smallest absolute Gasteiger partial charge is 0.245 e. The molecule has 1 N–H and O–H groups in total. The maximum Gasteiger partial charge on any atom is 0.245 e. The van der Waals surface area contributed by atoms with E-state index in [2.05, 4.69) is 10.3 Å². The van der Waals surface area contributed by atoms with Crippen molar-refractivity contribution >= 4 is 11.7 Å². The lowest BCUT2D eigenvalue weighted by atomic mass is 9.98. The highest BCUT2D eigenvalue weighted by Crippen LogP contribution is 2.16. The number of ketones is 1. The van der Waals surface area contributed by atoms with Crippen molar-refractivity contribution in [3.63, 3.8) is 0 Å². The number of Topliss-reactive ketones (excluding diaryl/α,β-unsaturated/α-hetero) is 1. The zero-order valence-electron chi connectivity index (χ0n) is 14.4. The van der Waals surface area contributed by atoms with Crippen LogP contribution in [0.1, 0.15) is 27.2 Å². The summed E-state index contributed by atoms with van der Waals surface area (Å²) in [7, 11) is 1.44. The Labute approximate surface area is 146 Å². The molecule has 0 aliphatic heterocycles. The van der Waals surface area contributed by atoms with Gasteiger partial charge in [-0.15, -0.1) is 0 Å². The number of benzene rings is 1. The van der Waals surface area contributed by atoms with Crippen LogP contribution in [-0.4, -0.2) is 23.8 Å². The normalized spacial score (nSPS) is 11.3. The average molecular weight is 337 g/mol. The van der Waals surface area contributed by atoms with Crippen molar-refractivity contribution in [1.82, 2.24) is 10.3 Å². The van der Waals surface area contributed by atoms with Crippen LogP contribution in [0.3, 0.4) is 0 Å². The highest BCUT2D eigenvalue weighted by molar-refractivity contribution is 6.12. The van der Waals surface area contributed by atoms with E-state index in [1.807, 2.05) is 31.2 Å². The summed E-state index contributed by atoms with van der Waals surface area (Å²) in [6.07, 6.45) is 0. The number of hydrogen-bond donors (Lipinski definition) is 1. The van der Waals surface area contributed by atoms with Gasteiger partial charge in [-0.2, -0.15) is 5.26 Å². The monoisotopic (exact) mass is 337 g/mol. The largest absolute Gasteiger partial charge is 0.481 e. The van der Waals surface area contributed by atoms with Crippen molar-refractivity contribution in [1.29, 1.82) is 5.26 Å². The number of nitrogens with zero attached hydrogens (tertiary/aromatic N) is 2. The number of hydrogen-bond acceptors (Lipinski definition) is 5. The maximum atomic E-state index is 12.5. The third-order valence-electron chi connectivity index (χ3n) is 3.63. The Kier molecular flexibility index (Phi) is 5.85. The minimum atomic E-state index is -1.42. The number of aromatic nitrogens is 1. The van der Waals surface area contributed by atoms with E-state index in [1.165, 1.54) is 19.2 Å². The van der Waals surface area contributed by atoms with Gasteiger partial charge in [0.15, 0.2) is 11.7 Å². The summed E-state index contributed by atoms with van der Waals surface area (Å²) >= 11 is 0. The van der Waals surface area contributed by atoms with Crippen molar-refractivity contribution in [3.8, 4) is 11.9 Å². The van der Waals surface area contributed by atoms with Crippen LogP contribution in [0.4, 0.5) is 0 Å². The molecule has 0 aliphatic carbocycles. The number of ether oxygens (including phenoxy) is 1. The lowest BCUT2D eigenvalue weighted by Gasteiger charge is -2.11. The van der Waals surface area contributed by atoms with Gasteiger partial charge in [0.1, 0.15) is 0 Å². The Hall–Kier alpha value is -3.20. The number of amides is 1. The van der Waals surface area contributed by atoms with Crippen molar-refractivity contribution in [2.45, 2.75) is 20.4 Å². The first kappa shape index (κ1) is 18.1. The van der Waals surface area contributed by atoms with Gasteiger partial charge >= 0.3 is 0 Å². The minimum absolute atomic E-state index is 0.224. The molecule has 0 unspecified atom stereocenters. The molecule has 0 bridgehead atoms. The fourth-order valence-electron chi connectivity index (χ4n) is 2.40. The molecule has 6 heteroatoms. The molecule has 0 spiro atoms. The lowest BCUT2D eigenvalue weighted by molar-refractivity contribution is -0.122. The molecule has 1 heterocycles. The Morgan fingerprint density at radius 2 is 2.04 bits per heavy atom. The Balaban J connectivity index is 2.12. The van der Waals surface area contributed by atoms with E-state index in [0.29, 0.717) is 5.69 Å². The fraction of sp³-hybridized carbons (Fsp3) is 0.263. The van der Waals surface area contributed by atoms with Gasteiger partial charge in [-0.05, 0) is 25.5 Å². The van der Waals surface area contributed by atoms with Gasteiger partial charge in [0.25, 0.3) is 0 Å². The summed E-state index contributed by atoms with van der Waals surface area (Å²) in [5, 5.41) is 11.9. The molecule has 0 saturated heterocycles. The van der Waals surface area contributed by atoms with Crippen LogP contribution < -0.4 is 10.1 Å². The van der Waals surface area contributed by atoms with Crippen LogP contribution in [0, 0.1) is 31.1 Å². The summed E-state index contributed by atoms with van der Waals surface area (Å²) < 4.78 is 5.03. The number of carbonyl (C=O) groups excluding carboxylic acids is 2. The third-order valence-corrected chi connectivity index (χ3v) is 3.63. The Morgan fingerprint density at radius 3 is 2.68 bits per heavy atom. The third kappa shape index (κ3) is 4.64. The van der Waals surface area contributed by atoms with Crippen LogP contribution >= 0.6 is 0 Å². The van der Waals surface area contributed by atoms with E-state index in [1.54, 1.807) is 13.0 Å². The molecule has 2 rings (SSSR count). The van der Waals surface area contributed by atoms with Crippen LogP contribution in [-0.2, 0) is 11.3 Å². The number of rotatable bonds is 6. The Bertz CT molecular complexity index is 840. The van der Waals surface area contributed by atoms with Crippen LogP contribution in [0.25, 0.3) is 0 Å². The summed E-state index contributed by atoms with van der Waals surface area (Å²) in [6.45, 7) is 3.91. The van der Waals surface area contributed by atoms with E-state index in [4.69, 9.17) is 4.74 Å². The molecule has 25 heavy (non-hydrogen) atoms. The van der Waals surface area contributed by atoms with E-state index < -0.39 is 17.6 Å². The minimum Gasteiger partial charge on any atom is -0.481 e. The standard InChI is InChI=1S/C19H19N3O3/c1-12-5-4-6-14(7-12)11-21-19(24)16(10-20)18(23)15-8-13(2)22-17(9-15)25-3/h4-9,16H,11H2,1-3H3,(H,21,24)/t16-/m0/s1. The van der Waals surface area contributed by atoms with Crippen LogP contribution in [0.2, 0.25) is 0 Å². The van der Waals surface area contributed by atoms with E-state index >= 15 is 0 Å². The molecule has 1 aromatic carbocycles. The predicted molar refractivity (Wildman–Crippen MR) is 92.0 cm³/mol. The molecular weight excluding hydrogens is 318 g/mol. The number of nitrogens with one attached hydrogen (secondary N) is 1. The average Bonchev–Trinajstić information content (AvgIpc) is 2.60. The van der Waals surface area contributed by atoms with Gasteiger partial charge in [-0.25, -0.2) is 4.98 Å². The highest BCUT2D eigenvalue weighted by atomic mass is 16.5. The SMILES string of the molecule is COc1cc(C(=O)[C@H](C#N)C(=O)NCc2cccc(C)c2)cc(C)n1. The molecule has 1 atom stereocenters. The molecule has 6 nitrogen and oxygen atoms in total. The van der Waals surface area contributed by atoms with Crippen molar-refractivity contribution in [2.24, 2.45) is 5.92 Å². The van der Waals surface area contributed by atoms with E-state index in [9.17, 15) is 14.9 Å². The Morgan fingerprint density at radius 1 is 1.28 bits per heavy atom. The molecule has 0 aliphatic rings. The van der Waals surface area contributed by atoms with Crippen molar-refractivity contribution < 1.29 is 14.3 Å². The number of carbonyl (C=O) groups is 2. The van der Waals surface area contributed by atoms with E-state index in [0.717, 1.165) is 11.1 Å². The number of pyridine rings is 1. The summed E-state index contributed by atoms with van der Waals surface area (Å²) in [5.41, 5.74) is 2.76. The zero-order valence-corrected chi connectivity index (χ0v) is 14.4. The van der Waals surface area contributed by atoms with Gasteiger partial charge in [-0.1, -0.05) is 29.8 Å². The maximum absolute atomic E-state index is 12.5. The van der Waals surface area contributed by atoms with E-state index in [-0.39, 0.29) is 18.0 Å². The van der Waals surface area contributed by atoms with Crippen LogP contribution in [0.5, 0.6) is 5.88 Å². The molecule has 0 fully saturated rings. The molecular formula is C19H19N3O3. The van der Waals surface area contributed by atoms with Gasteiger partial charge in [0, 0.05) is 23.9 Å². The molecule has 128 valence electrons. The first-order valence-corrected chi connectivity index (χ1v) is 7.74. The molecule has 0 radical (unpaired) electrons. The first-order chi connectivity index (χ1) is 11.9. The number of methoxy groups -OCH3 is 1. The number of nitriles is 1.